The van der Waals surface area contributed by atoms with E-state index in [0.29, 0.717) is 0 Å². The van der Waals surface area contributed by atoms with Crippen molar-refractivity contribution in [3.05, 3.63) is 0 Å². The van der Waals surface area contributed by atoms with E-state index in [1.54, 1.807) is 0 Å². The minimum atomic E-state index is -1.06. The van der Waals surface area contributed by atoms with E-state index >= 15 is 0 Å². The summed E-state index contributed by atoms with van der Waals surface area (Å²) >= 11 is 0. The highest BCUT2D eigenvalue weighted by Gasteiger charge is 2.57. The molecule has 0 aliphatic heterocycles. The Morgan fingerprint density at radius 1 is 0.474 bits per heavy atom. The van der Waals surface area contributed by atoms with E-state index in [-0.39, 0.29) is 0 Å². The van der Waals surface area contributed by atoms with Crippen LogP contribution in [0, 0.1) is 47.3 Å². The van der Waals surface area contributed by atoms with Gasteiger partial charge in [-0.25, -0.2) is 0 Å². The SMILES string of the molecule is CC1C(C)C(C)C2C(C1C)C(C)[C@H](C)C2[Si](C)(C)C. The fraction of sp³-hybridized carbons (Fsp3) is 1.00. The third-order valence-corrected chi connectivity index (χ3v) is 10.5. The van der Waals surface area contributed by atoms with Crippen molar-refractivity contribution in [2.75, 3.05) is 0 Å². The van der Waals surface area contributed by atoms with E-state index in [1.165, 1.54) is 0 Å². The molecule has 9 atom stereocenters. The molecule has 0 spiro atoms. The average Bonchev–Trinajstić information content (AvgIpc) is 2.57. The van der Waals surface area contributed by atoms with E-state index in [1.807, 2.05) is 0 Å². The fourth-order valence-corrected chi connectivity index (χ4v) is 9.71. The van der Waals surface area contributed by atoms with Crippen LogP contribution in [0.5, 0.6) is 0 Å². The van der Waals surface area contributed by atoms with E-state index in [0.717, 1.165) is 52.9 Å². The monoisotopic (exact) mass is 280 g/mol. The van der Waals surface area contributed by atoms with Gasteiger partial charge in [-0.1, -0.05) is 61.2 Å². The fourth-order valence-electron chi connectivity index (χ4n) is 6.15. The molecular weight excluding hydrogens is 244 g/mol. The third-order valence-electron chi connectivity index (χ3n) is 7.56. The van der Waals surface area contributed by atoms with Gasteiger partial charge in [0.15, 0.2) is 0 Å². The van der Waals surface area contributed by atoms with E-state index in [2.05, 4.69) is 61.2 Å². The predicted octanol–water partition coefficient (Wildman–Crippen LogP) is 5.77. The first-order chi connectivity index (χ1) is 8.59. The van der Waals surface area contributed by atoms with Gasteiger partial charge in [0.25, 0.3) is 0 Å². The highest BCUT2D eigenvalue weighted by molar-refractivity contribution is 6.77. The zero-order valence-corrected chi connectivity index (χ0v) is 15.7. The molecule has 0 nitrogen and oxygen atoms in total. The maximum absolute atomic E-state index is 2.61. The van der Waals surface area contributed by atoms with Crippen LogP contribution in [0.4, 0.5) is 0 Å². The van der Waals surface area contributed by atoms with Crippen LogP contribution < -0.4 is 0 Å². The molecule has 8 unspecified atom stereocenters. The molecule has 1 heteroatoms. The number of rotatable bonds is 1. The molecule has 0 aromatic carbocycles. The first kappa shape index (κ1) is 15.6. The molecule has 0 aromatic rings. The molecule has 2 rings (SSSR count). The Balaban J connectivity index is 2.42. The van der Waals surface area contributed by atoms with Crippen molar-refractivity contribution in [3.63, 3.8) is 0 Å². The molecule has 112 valence electrons. The van der Waals surface area contributed by atoms with Gasteiger partial charge < -0.3 is 0 Å². The van der Waals surface area contributed by atoms with E-state index in [4.69, 9.17) is 0 Å². The Labute approximate surface area is 122 Å². The lowest BCUT2D eigenvalue weighted by molar-refractivity contribution is 0.0137. The summed E-state index contributed by atoms with van der Waals surface area (Å²) in [4.78, 5) is 0. The molecular formula is C18H36Si. The summed E-state index contributed by atoms with van der Waals surface area (Å²) in [5.41, 5.74) is 1.04. The summed E-state index contributed by atoms with van der Waals surface area (Å²) in [6.45, 7) is 23.1. The zero-order valence-electron chi connectivity index (χ0n) is 14.7. The van der Waals surface area contributed by atoms with Crippen LogP contribution in [0.2, 0.25) is 25.2 Å². The van der Waals surface area contributed by atoms with Crippen molar-refractivity contribution in [1.82, 2.24) is 0 Å². The van der Waals surface area contributed by atoms with E-state index < -0.39 is 8.07 Å². The number of hydrogen-bond donors (Lipinski definition) is 0. The van der Waals surface area contributed by atoms with Gasteiger partial charge in [0.1, 0.15) is 0 Å². The van der Waals surface area contributed by atoms with Crippen molar-refractivity contribution in [2.45, 2.75) is 66.7 Å². The van der Waals surface area contributed by atoms with Crippen molar-refractivity contribution in [1.29, 1.82) is 0 Å². The maximum atomic E-state index is 2.61. The van der Waals surface area contributed by atoms with Crippen LogP contribution in [0.15, 0.2) is 0 Å². The lowest BCUT2D eigenvalue weighted by atomic mass is 9.58. The highest BCUT2D eigenvalue weighted by Crippen LogP contribution is 2.63. The molecule has 0 radical (unpaired) electrons. The van der Waals surface area contributed by atoms with Crippen LogP contribution >= 0.6 is 0 Å². The van der Waals surface area contributed by atoms with Gasteiger partial charge in [-0.05, 0) is 52.9 Å². The minimum Gasteiger partial charge on any atom is -0.0693 e. The van der Waals surface area contributed by atoms with Crippen molar-refractivity contribution in [2.24, 2.45) is 47.3 Å². The van der Waals surface area contributed by atoms with Crippen LogP contribution in [-0.2, 0) is 0 Å². The molecule has 2 aliphatic carbocycles. The van der Waals surface area contributed by atoms with Gasteiger partial charge in [-0.3, -0.25) is 0 Å². The predicted molar refractivity (Wildman–Crippen MR) is 89.1 cm³/mol. The summed E-state index contributed by atoms with van der Waals surface area (Å²) in [5, 5.41) is 0. The van der Waals surface area contributed by atoms with Gasteiger partial charge in [0, 0.05) is 8.07 Å². The van der Waals surface area contributed by atoms with Gasteiger partial charge in [0.05, 0.1) is 0 Å². The minimum absolute atomic E-state index is 0.909. The molecule has 0 saturated heterocycles. The largest absolute Gasteiger partial charge is 0.0693 e. The van der Waals surface area contributed by atoms with Gasteiger partial charge in [-0.2, -0.15) is 0 Å². The summed E-state index contributed by atoms with van der Waals surface area (Å²) < 4.78 is 0. The molecule has 2 saturated carbocycles. The quantitative estimate of drug-likeness (QED) is 0.535. The third kappa shape index (κ3) is 2.24. The molecule has 0 aromatic heterocycles. The van der Waals surface area contributed by atoms with Crippen LogP contribution in [0.3, 0.4) is 0 Å². The Kier molecular flexibility index (Phi) is 4.02. The first-order valence-electron chi connectivity index (χ1n) is 8.59. The molecule has 2 aliphatic rings. The molecule has 0 bridgehead atoms. The lowest BCUT2D eigenvalue weighted by Gasteiger charge is -2.50. The van der Waals surface area contributed by atoms with Crippen molar-refractivity contribution in [3.8, 4) is 0 Å². The van der Waals surface area contributed by atoms with Gasteiger partial charge in [0.2, 0.25) is 0 Å². The Bertz CT molecular complexity index is 329. The van der Waals surface area contributed by atoms with Crippen molar-refractivity contribution < 1.29 is 0 Å². The molecule has 0 N–H and O–H groups in total. The Morgan fingerprint density at radius 3 is 1.26 bits per heavy atom. The number of hydrogen-bond acceptors (Lipinski definition) is 0. The second-order valence-corrected chi connectivity index (χ2v) is 14.6. The summed E-state index contributed by atoms with van der Waals surface area (Å²) in [6, 6.07) is 0. The topological polar surface area (TPSA) is 0 Å². The van der Waals surface area contributed by atoms with Crippen molar-refractivity contribution >= 4 is 8.07 Å². The van der Waals surface area contributed by atoms with Gasteiger partial charge >= 0.3 is 0 Å². The molecule has 2 fully saturated rings. The van der Waals surface area contributed by atoms with Crippen LogP contribution in [0.25, 0.3) is 0 Å². The second kappa shape index (κ2) is 4.89. The zero-order chi connectivity index (χ0) is 14.7. The average molecular weight is 281 g/mol. The lowest BCUT2D eigenvalue weighted by Crippen LogP contribution is -2.45. The summed E-state index contributed by atoms with van der Waals surface area (Å²) in [7, 11) is -1.06. The highest BCUT2D eigenvalue weighted by atomic mass is 28.3. The molecule has 0 heterocycles. The van der Waals surface area contributed by atoms with Gasteiger partial charge in [-0.15, -0.1) is 0 Å². The first-order valence-corrected chi connectivity index (χ1v) is 12.2. The second-order valence-electron chi connectivity index (χ2n) is 9.20. The smallest absolute Gasteiger partial charge is 0.0479 e. The normalized spacial score (nSPS) is 55.1. The Hall–Kier alpha value is 0.217. The van der Waals surface area contributed by atoms with Crippen LogP contribution in [0.1, 0.15) is 41.5 Å². The van der Waals surface area contributed by atoms with Crippen LogP contribution in [-0.4, -0.2) is 8.07 Å². The molecule has 19 heavy (non-hydrogen) atoms. The summed E-state index contributed by atoms with van der Waals surface area (Å²) in [6.07, 6.45) is 0. The maximum Gasteiger partial charge on any atom is 0.0479 e. The van der Waals surface area contributed by atoms with E-state index in [9.17, 15) is 0 Å². The summed E-state index contributed by atoms with van der Waals surface area (Å²) in [5.74, 6) is 7.57. The molecule has 0 amide bonds. The standard InChI is InChI=1S/C18H36Si/c1-10-11(2)13(4)17-16(12(10)3)14(5)15(6)18(17)19(7,8)9/h10-18H,1-9H3/t10?,11?,12?,13?,14?,15-,16?,17?,18?/m0/s1. The number of fused-ring (bicyclic) bond motifs is 1. The Morgan fingerprint density at radius 2 is 0.842 bits per heavy atom.